The minimum absolute atomic E-state index is 0.0319. The van der Waals surface area contributed by atoms with Crippen LogP contribution in [0.5, 0.6) is 0 Å². The van der Waals surface area contributed by atoms with Gasteiger partial charge in [-0.1, -0.05) is 30.3 Å². The van der Waals surface area contributed by atoms with Gasteiger partial charge in [-0.3, -0.25) is 9.69 Å². The number of para-hydroxylation sites is 1. The van der Waals surface area contributed by atoms with Crippen molar-refractivity contribution in [3.05, 3.63) is 59.7 Å². The Morgan fingerprint density at radius 2 is 1.86 bits per heavy atom. The zero-order valence-corrected chi connectivity index (χ0v) is 16.6. The molecule has 2 aliphatic heterocycles. The predicted octanol–water partition coefficient (Wildman–Crippen LogP) is 3.30. The lowest BCUT2D eigenvalue weighted by Gasteiger charge is -2.36. The van der Waals surface area contributed by atoms with Gasteiger partial charge in [0.1, 0.15) is 0 Å². The van der Waals surface area contributed by atoms with Gasteiger partial charge in [-0.25, -0.2) is 0 Å². The molecule has 4 rings (SSSR count). The van der Waals surface area contributed by atoms with Crippen LogP contribution in [0.4, 0.5) is 11.4 Å². The van der Waals surface area contributed by atoms with Crippen LogP contribution in [-0.2, 0) is 22.5 Å². The van der Waals surface area contributed by atoms with Gasteiger partial charge < -0.3 is 15.0 Å². The number of aryl methyl sites for hydroxylation is 1. The highest BCUT2D eigenvalue weighted by Gasteiger charge is 2.24. The van der Waals surface area contributed by atoms with E-state index in [1.807, 2.05) is 12.1 Å². The van der Waals surface area contributed by atoms with E-state index in [-0.39, 0.29) is 5.91 Å². The van der Waals surface area contributed by atoms with Crippen LogP contribution in [-0.4, -0.2) is 49.7 Å². The van der Waals surface area contributed by atoms with Crippen molar-refractivity contribution in [2.75, 3.05) is 43.1 Å². The van der Waals surface area contributed by atoms with Crippen molar-refractivity contribution in [2.24, 2.45) is 0 Å². The molecule has 1 atom stereocenters. The van der Waals surface area contributed by atoms with Gasteiger partial charge >= 0.3 is 0 Å². The molecule has 2 aliphatic rings. The SMILES string of the molecule is CC1CCc2ccccc2N1CC(=O)Nc1ccc(CN2CCOCC2)cc1. The molecule has 0 spiro atoms. The highest BCUT2D eigenvalue weighted by Crippen LogP contribution is 2.30. The Hall–Kier alpha value is -2.37. The minimum Gasteiger partial charge on any atom is -0.379 e. The number of carbonyl (C=O) groups is 1. The average Bonchev–Trinajstić information content (AvgIpc) is 2.72. The Morgan fingerprint density at radius 3 is 2.64 bits per heavy atom. The Labute approximate surface area is 167 Å². The zero-order chi connectivity index (χ0) is 19.3. The molecule has 148 valence electrons. The minimum atomic E-state index is 0.0319. The van der Waals surface area contributed by atoms with Crippen LogP contribution in [0, 0.1) is 0 Å². The summed E-state index contributed by atoms with van der Waals surface area (Å²) in [5, 5.41) is 3.06. The van der Waals surface area contributed by atoms with Crippen LogP contribution in [0.1, 0.15) is 24.5 Å². The van der Waals surface area contributed by atoms with Crippen LogP contribution in [0.2, 0.25) is 0 Å². The molecule has 1 saturated heterocycles. The number of carbonyl (C=O) groups excluding carboxylic acids is 1. The first-order valence-corrected chi connectivity index (χ1v) is 10.2. The maximum atomic E-state index is 12.7. The third-order valence-corrected chi connectivity index (χ3v) is 5.73. The second kappa shape index (κ2) is 8.76. The number of hydrogen-bond acceptors (Lipinski definition) is 4. The predicted molar refractivity (Wildman–Crippen MR) is 113 cm³/mol. The lowest BCUT2D eigenvalue weighted by Crippen LogP contribution is -2.42. The molecule has 1 fully saturated rings. The van der Waals surface area contributed by atoms with Crippen molar-refractivity contribution in [1.29, 1.82) is 0 Å². The third kappa shape index (κ3) is 4.54. The van der Waals surface area contributed by atoms with Crippen LogP contribution in [0.15, 0.2) is 48.5 Å². The number of hydrogen-bond donors (Lipinski definition) is 1. The molecule has 0 bridgehead atoms. The summed E-state index contributed by atoms with van der Waals surface area (Å²) < 4.78 is 5.40. The summed E-state index contributed by atoms with van der Waals surface area (Å²) in [6.07, 6.45) is 2.17. The molecule has 5 heteroatoms. The van der Waals surface area contributed by atoms with E-state index in [1.165, 1.54) is 16.8 Å². The summed E-state index contributed by atoms with van der Waals surface area (Å²) in [5.74, 6) is 0.0319. The maximum Gasteiger partial charge on any atom is 0.243 e. The largest absolute Gasteiger partial charge is 0.379 e. The van der Waals surface area contributed by atoms with E-state index in [1.54, 1.807) is 0 Å². The molecule has 0 saturated carbocycles. The molecule has 2 aromatic rings. The standard InChI is InChI=1S/C23H29N3O2/c1-18-6-9-20-4-2-3-5-22(20)26(18)17-23(27)24-21-10-7-19(8-11-21)16-25-12-14-28-15-13-25/h2-5,7-8,10-11,18H,6,9,12-17H2,1H3,(H,24,27). The van der Waals surface area contributed by atoms with Gasteiger partial charge in [0.25, 0.3) is 0 Å². The number of rotatable bonds is 5. The fraction of sp³-hybridized carbons (Fsp3) is 0.435. The first-order valence-electron chi connectivity index (χ1n) is 10.2. The van der Waals surface area contributed by atoms with E-state index >= 15 is 0 Å². The fourth-order valence-electron chi connectivity index (χ4n) is 4.07. The normalized spacial score (nSPS) is 19.9. The molecule has 2 aromatic carbocycles. The second-order valence-corrected chi connectivity index (χ2v) is 7.78. The van der Waals surface area contributed by atoms with Gasteiger partial charge in [0.2, 0.25) is 5.91 Å². The number of nitrogens with zero attached hydrogens (tertiary/aromatic N) is 2. The number of fused-ring (bicyclic) bond motifs is 1. The summed E-state index contributed by atoms with van der Waals surface area (Å²) in [4.78, 5) is 17.3. The smallest absolute Gasteiger partial charge is 0.243 e. The van der Waals surface area contributed by atoms with Crippen LogP contribution in [0.25, 0.3) is 0 Å². The quantitative estimate of drug-likeness (QED) is 0.866. The first kappa shape index (κ1) is 19.0. The monoisotopic (exact) mass is 379 g/mol. The molecule has 1 amide bonds. The molecule has 0 radical (unpaired) electrons. The maximum absolute atomic E-state index is 12.7. The second-order valence-electron chi connectivity index (χ2n) is 7.78. The van der Waals surface area contributed by atoms with Crippen molar-refractivity contribution in [3.8, 4) is 0 Å². The molecular formula is C23H29N3O2. The van der Waals surface area contributed by atoms with Crippen molar-refractivity contribution < 1.29 is 9.53 Å². The van der Waals surface area contributed by atoms with Gasteiger partial charge in [0, 0.05) is 37.1 Å². The lowest BCUT2D eigenvalue weighted by molar-refractivity contribution is -0.115. The molecule has 1 unspecified atom stereocenters. The Balaban J connectivity index is 1.35. The number of anilines is 2. The fourth-order valence-corrected chi connectivity index (χ4v) is 4.07. The molecule has 5 nitrogen and oxygen atoms in total. The summed E-state index contributed by atoms with van der Waals surface area (Å²) in [6.45, 7) is 7.09. The molecular weight excluding hydrogens is 350 g/mol. The van der Waals surface area contributed by atoms with Crippen LogP contribution in [0.3, 0.4) is 0 Å². The Kier molecular flexibility index (Phi) is 5.93. The molecule has 0 aromatic heterocycles. The summed E-state index contributed by atoms with van der Waals surface area (Å²) in [5.41, 5.74) is 4.64. The highest BCUT2D eigenvalue weighted by molar-refractivity contribution is 5.94. The Morgan fingerprint density at radius 1 is 1.11 bits per heavy atom. The van der Waals surface area contributed by atoms with E-state index in [2.05, 4.69) is 58.4 Å². The van der Waals surface area contributed by atoms with Crippen LogP contribution < -0.4 is 10.2 Å². The van der Waals surface area contributed by atoms with Gasteiger partial charge in [0.15, 0.2) is 0 Å². The van der Waals surface area contributed by atoms with Crippen LogP contribution >= 0.6 is 0 Å². The Bertz CT molecular complexity index is 800. The molecule has 1 N–H and O–H groups in total. The topological polar surface area (TPSA) is 44.8 Å². The summed E-state index contributed by atoms with van der Waals surface area (Å²) >= 11 is 0. The van der Waals surface area contributed by atoms with E-state index in [0.29, 0.717) is 12.6 Å². The molecule has 28 heavy (non-hydrogen) atoms. The summed E-state index contributed by atoms with van der Waals surface area (Å²) in [6, 6.07) is 17.0. The third-order valence-electron chi connectivity index (χ3n) is 5.73. The number of nitrogens with one attached hydrogen (secondary N) is 1. The zero-order valence-electron chi connectivity index (χ0n) is 16.6. The van der Waals surface area contributed by atoms with E-state index < -0.39 is 0 Å². The van der Waals surface area contributed by atoms with Gasteiger partial charge in [-0.05, 0) is 49.1 Å². The molecule has 2 heterocycles. The summed E-state index contributed by atoms with van der Waals surface area (Å²) in [7, 11) is 0. The van der Waals surface area contributed by atoms with Crippen molar-refractivity contribution >= 4 is 17.3 Å². The van der Waals surface area contributed by atoms with E-state index in [0.717, 1.165) is 51.4 Å². The first-order chi connectivity index (χ1) is 13.7. The average molecular weight is 380 g/mol. The molecule has 0 aliphatic carbocycles. The van der Waals surface area contributed by atoms with Gasteiger partial charge in [0.05, 0.1) is 19.8 Å². The van der Waals surface area contributed by atoms with Gasteiger partial charge in [-0.2, -0.15) is 0 Å². The van der Waals surface area contributed by atoms with E-state index in [4.69, 9.17) is 4.74 Å². The lowest BCUT2D eigenvalue weighted by atomic mass is 9.96. The number of amides is 1. The number of ether oxygens (including phenoxy) is 1. The number of benzene rings is 2. The van der Waals surface area contributed by atoms with E-state index in [9.17, 15) is 4.79 Å². The van der Waals surface area contributed by atoms with Crippen molar-refractivity contribution in [3.63, 3.8) is 0 Å². The van der Waals surface area contributed by atoms with Gasteiger partial charge in [-0.15, -0.1) is 0 Å². The highest BCUT2D eigenvalue weighted by atomic mass is 16.5. The number of morpholine rings is 1. The van der Waals surface area contributed by atoms with Crippen molar-refractivity contribution in [2.45, 2.75) is 32.4 Å². The van der Waals surface area contributed by atoms with Crippen molar-refractivity contribution in [1.82, 2.24) is 4.90 Å².